The fraction of sp³-hybridized carbons (Fsp3) is 0.500. The maximum Gasteiger partial charge on any atom is 0.225 e. The molecule has 19 heavy (non-hydrogen) atoms. The molecule has 2 atom stereocenters. The smallest absolute Gasteiger partial charge is 0.225 e. The Morgan fingerprint density at radius 1 is 1.47 bits per heavy atom. The molecule has 0 aromatic heterocycles. The van der Waals surface area contributed by atoms with Gasteiger partial charge >= 0.3 is 0 Å². The largest absolute Gasteiger partial charge is 0.326 e. The second-order valence-corrected chi connectivity index (χ2v) is 5.59. The number of nitrogens with zero attached hydrogens (tertiary/aromatic N) is 1. The minimum absolute atomic E-state index is 0.0128. The van der Waals surface area contributed by atoms with Crippen LogP contribution in [0.5, 0.6) is 0 Å². The molecule has 0 saturated carbocycles. The molecule has 1 aliphatic rings. The minimum Gasteiger partial charge on any atom is -0.326 e. The molecular formula is C14H20ClN3O. The molecule has 3 N–H and O–H groups in total. The van der Waals surface area contributed by atoms with E-state index in [9.17, 15) is 4.79 Å². The summed E-state index contributed by atoms with van der Waals surface area (Å²) in [7, 11) is 0. The summed E-state index contributed by atoms with van der Waals surface area (Å²) in [6.45, 7) is 4.74. The van der Waals surface area contributed by atoms with Gasteiger partial charge in [-0.15, -0.1) is 0 Å². The van der Waals surface area contributed by atoms with E-state index in [0.29, 0.717) is 23.0 Å². The lowest BCUT2D eigenvalue weighted by Gasteiger charge is -2.15. The van der Waals surface area contributed by atoms with Crippen molar-refractivity contribution in [2.75, 3.05) is 25.0 Å². The fourth-order valence-corrected chi connectivity index (χ4v) is 2.50. The number of anilines is 1. The summed E-state index contributed by atoms with van der Waals surface area (Å²) in [4.78, 5) is 14.1. The quantitative estimate of drug-likeness (QED) is 0.887. The molecule has 0 radical (unpaired) electrons. The van der Waals surface area contributed by atoms with Crippen LogP contribution >= 0.6 is 11.6 Å². The standard InChI is InChI=1S/C14H20ClN3O/c1-10-8-18(9-12(10)16)7-6-14(19)17-13-5-3-2-4-11(13)15/h2-5,10,12H,6-9,16H2,1H3,(H,17,19). The van der Waals surface area contributed by atoms with Gasteiger partial charge in [0.25, 0.3) is 0 Å². The molecular weight excluding hydrogens is 262 g/mol. The highest BCUT2D eigenvalue weighted by atomic mass is 35.5. The van der Waals surface area contributed by atoms with Crippen LogP contribution in [-0.2, 0) is 4.79 Å². The number of nitrogens with two attached hydrogens (primary N) is 1. The number of hydrogen-bond acceptors (Lipinski definition) is 3. The van der Waals surface area contributed by atoms with E-state index in [4.69, 9.17) is 17.3 Å². The maximum absolute atomic E-state index is 11.9. The zero-order valence-corrected chi connectivity index (χ0v) is 11.9. The van der Waals surface area contributed by atoms with Gasteiger partial charge in [-0.2, -0.15) is 0 Å². The summed E-state index contributed by atoms with van der Waals surface area (Å²) in [5.41, 5.74) is 6.63. The van der Waals surface area contributed by atoms with Gasteiger partial charge in [0.2, 0.25) is 5.91 Å². The van der Waals surface area contributed by atoms with Gasteiger partial charge in [0.05, 0.1) is 10.7 Å². The first-order chi connectivity index (χ1) is 9.06. The van der Waals surface area contributed by atoms with Gasteiger partial charge in [0.1, 0.15) is 0 Å². The van der Waals surface area contributed by atoms with Crippen molar-refractivity contribution in [2.24, 2.45) is 11.7 Å². The van der Waals surface area contributed by atoms with E-state index in [1.165, 1.54) is 0 Å². The van der Waals surface area contributed by atoms with Gasteiger partial charge in [-0.3, -0.25) is 4.79 Å². The number of hydrogen-bond donors (Lipinski definition) is 2. The second kappa shape index (κ2) is 6.37. The Kier molecular flexibility index (Phi) is 4.80. The predicted octanol–water partition coefficient (Wildman–Crippen LogP) is 1.95. The molecule has 5 heteroatoms. The average molecular weight is 282 g/mol. The third-order valence-electron chi connectivity index (χ3n) is 3.55. The van der Waals surface area contributed by atoms with Crippen LogP contribution < -0.4 is 11.1 Å². The van der Waals surface area contributed by atoms with E-state index in [1.54, 1.807) is 12.1 Å². The number of rotatable bonds is 4. The maximum atomic E-state index is 11.9. The van der Waals surface area contributed by atoms with Gasteiger partial charge in [0, 0.05) is 32.1 Å². The summed E-state index contributed by atoms with van der Waals surface area (Å²) in [5, 5.41) is 3.39. The lowest BCUT2D eigenvalue weighted by atomic mass is 10.1. The van der Waals surface area contributed by atoms with Crippen LogP contribution in [0.15, 0.2) is 24.3 Å². The van der Waals surface area contributed by atoms with E-state index < -0.39 is 0 Å². The van der Waals surface area contributed by atoms with Crippen molar-refractivity contribution < 1.29 is 4.79 Å². The Morgan fingerprint density at radius 2 is 2.21 bits per heavy atom. The summed E-state index contributed by atoms with van der Waals surface area (Å²) >= 11 is 5.99. The Hall–Kier alpha value is -1.10. The molecule has 1 heterocycles. The second-order valence-electron chi connectivity index (χ2n) is 5.18. The molecule has 0 spiro atoms. The van der Waals surface area contributed by atoms with E-state index >= 15 is 0 Å². The fourth-order valence-electron chi connectivity index (χ4n) is 2.31. The van der Waals surface area contributed by atoms with E-state index in [1.807, 2.05) is 12.1 Å². The monoisotopic (exact) mass is 281 g/mol. The third kappa shape index (κ3) is 3.93. The van der Waals surface area contributed by atoms with Crippen molar-refractivity contribution in [3.8, 4) is 0 Å². The molecule has 104 valence electrons. The number of halogens is 1. The summed E-state index contributed by atoms with van der Waals surface area (Å²) in [5.74, 6) is 0.493. The molecule has 1 aromatic carbocycles. The predicted molar refractivity (Wildman–Crippen MR) is 78.3 cm³/mol. The Bertz CT molecular complexity index is 442. The van der Waals surface area contributed by atoms with Gasteiger partial charge < -0.3 is 16.0 Å². The highest BCUT2D eigenvalue weighted by Gasteiger charge is 2.26. The Labute approximate surface area is 118 Å². The van der Waals surface area contributed by atoms with Crippen LogP contribution in [0.4, 0.5) is 5.69 Å². The van der Waals surface area contributed by atoms with E-state index in [2.05, 4.69) is 17.1 Å². The molecule has 1 amide bonds. The number of benzene rings is 1. The number of carbonyl (C=O) groups is 1. The van der Waals surface area contributed by atoms with Crippen molar-refractivity contribution in [3.05, 3.63) is 29.3 Å². The lowest BCUT2D eigenvalue weighted by molar-refractivity contribution is -0.116. The van der Waals surface area contributed by atoms with Gasteiger partial charge in [-0.25, -0.2) is 0 Å². The Morgan fingerprint density at radius 3 is 2.84 bits per heavy atom. The van der Waals surface area contributed by atoms with Crippen LogP contribution in [0.1, 0.15) is 13.3 Å². The first-order valence-corrected chi connectivity index (χ1v) is 6.96. The van der Waals surface area contributed by atoms with E-state index in [-0.39, 0.29) is 11.9 Å². The lowest BCUT2D eigenvalue weighted by Crippen LogP contribution is -2.30. The van der Waals surface area contributed by atoms with Crippen LogP contribution in [0.25, 0.3) is 0 Å². The SMILES string of the molecule is CC1CN(CCC(=O)Nc2ccccc2Cl)CC1N. The summed E-state index contributed by atoms with van der Waals surface area (Å²) in [6.07, 6.45) is 0.463. The third-order valence-corrected chi connectivity index (χ3v) is 3.88. The number of nitrogens with one attached hydrogen (secondary N) is 1. The average Bonchev–Trinajstić information content (AvgIpc) is 2.69. The van der Waals surface area contributed by atoms with Crippen molar-refractivity contribution in [2.45, 2.75) is 19.4 Å². The molecule has 0 aliphatic carbocycles. The molecule has 4 nitrogen and oxygen atoms in total. The first kappa shape index (κ1) is 14.3. The molecule has 1 saturated heterocycles. The van der Waals surface area contributed by atoms with Crippen LogP contribution in [-0.4, -0.2) is 36.5 Å². The highest BCUT2D eigenvalue weighted by molar-refractivity contribution is 6.33. The van der Waals surface area contributed by atoms with E-state index in [0.717, 1.165) is 19.6 Å². The molecule has 1 fully saturated rings. The molecule has 2 rings (SSSR count). The molecule has 0 bridgehead atoms. The van der Waals surface area contributed by atoms with Gasteiger partial charge in [-0.1, -0.05) is 30.7 Å². The molecule has 1 aliphatic heterocycles. The van der Waals surface area contributed by atoms with Gasteiger partial charge in [-0.05, 0) is 18.1 Å². The van der Waals surface area contributed by atoms with Crippen LogP contribution in [0, 0.1) is 5.92 Å². The summed E-state index contributed by atoms with van der Waals surface area (Å²) < 4.78 is 0. The number of amides is 1. The van der Waals surface area contributed by atoms with Crippen LogP contribution in [0.2, 0.25) is 5.02 Å². The van der Waals surface area contributed by atoms with Crippen LogP contribution in [0.3, 0.4) is 0 Å². The number of carbonyl (C=O) groups excluding carboxylic acids is 1. The normalized spacial score (nSPS) is 23.5. The zero-order valence-electron chi connectivity index (χ0n) is 11.1. The Balaban J connectivity index is 1.78. The minimum atomic E-state index is -0.0128. The molecule has 1 aromatic rings. The van der Waals surface area contributed by atoms with Gasteiger partial charge in [0.15, 0.2) is 0 Å². The summed E-state index contributed by atoms with van der Waals surface area (Å²) in [6, 6.07) is 7.48. The highest BCUT2D eigenvalue weighted by Crippen LogP contribution is 2.20. The zero-order chi connectivity index (χ0) is 13.8. The van der Waals surface area contributed by atoms with Crippen molar-refractivity contribution in [1.82, 2.24) is 4.90 Å². The van der Waals surface area contributed by atoms with Crippen molar-refractivity contribution in [1.29, 1.82) is 0 Å². The topological polar surface area (TPSA) is 58.4 Å². The first-order valence-electron chi connectivity index (χ1n) is 6.58. The van der Waals surface area contributed by atoms with Crippen molar-refractivity contribution >= 4 is 23.2 Å². The molecule has 2 unspecified atom stereocenters. The number of likely N-dealkylation sites (tertiary alicyclic amines) is 1. The number of para-hydroxylation sites is 1. The van der Waals surface area contributed by atoms with Crippen molar-refractivity contribution in [3.63, 3.8) is 0 Å².